The van der Waals surface area contributed by atoms with Crippen LogP contribution < -0.4 is 20.7 Å². The van der Waals surface area contributed by atoms with Crippen molar-refractivity contribution in [1.82, 2.24) is 30.7 Å². The van der Waals surface area contributed by atoms with Gasteiger partial charge < -0.3 is 55.1 Å². The Morgan fingerprint density at radius 1 is 0.903 bits per heavy atom. The first-order valence-electron chi connectivity index (χ1n) is 25.3. The molecule has 12 atom stereocenters. The molecule has 404 valence electrons. The Balaban J connectivity index is 2.29. The van der Waals surface area contributed by atoms with E-state index in [1.54, 1.807) is 52.0 Å². The molecule has 0 radical (unpaired) electrons. The summed E-state index contributed by atoms with van der Waals surface area (Å²) in [7, 11) is 4.23. The number of carbonyl (C=O) groups excluding carboxylic acids is 9. The molecule has 6 amide bonds. The molecule has 1 aromatic rings. The first kappa shape index (κ1) is 60.7. The minimum Gasteiger partial charge on any atom is -0.497 e. The molecule has 1 aromatic carbocycles. The third kappa shape index (κ3) is 16.2. The van der Waals surface area contributed by atoms with Crippen LogP contribution in [0.25, 0.3) is 0 Å². The molecule has 2 aliphatic rings. The Morgan fingerprint density at radius 3 is 2.07 bits per heavy atom. The zero-order chi connectivity index (χ0) is 54.5. The second kappa shape index (κ2) is 27.4. The number of methoxy groups -OCH3 is 1. The van der Waals surface area contributed by atoms with Crippen LogP contribution in [0.5, 0.6) is 5.75 Å². The number of cyclic esters (lactones) is 2. The monoisotopic (exact) mass is 1010 g/mol. The number of hydrogen-bond donors (Lipinski definition) is 5. The molecule has 0 aromatic heterocycles. The predicted molar refractivity (Wildman–Crippen MR) is 265 cm³/mol. The predicted octanol–water partition coefficient (Wildman–Crippen LogP) is 2.33. The van der Waals surface area contributed by atoms with Crippen molar-refractivity contribution in [1.29, 1.82) is 0 Å². The number of hydrogen-bond acceptors (Lipinski definition) is 14. The van der Waals surface area contributed by atoms with Crippen molar-refractivity contribution in [3.8, 4) is 5.75 Å². The lowest BCUT2D eigenvalue weighted by atomic mass is 9.91. The number of carbonyl (C=O) groups is 9. The number of aliphatic hydroxyl groups is 2. The molecule has 1 unspecified atom stereocenters. The van der Waals surface area contributed by atoms with E-state index < -0.39 is 138 Å². The number of aliphatic hydroxyl groups excluding tert-OH is 2. The van der Waals surface area contributed by atoms with Gasteiger partial charge >= 0.3 is 11.9 Å². The molecular formula is C52H82N6O14. The Morgan fingerprint density at radius 2 is 1.53 bits per heavy atom. The summed E-state index contributed by atoms with van der Waals surface area (Å²) in [6.07, 6.45) is -5.64. The quantitative estimate of drug-likeness (QED) is 0.132. The highest BCUT2D eigenvalue weighted by molar-refractivity contribution is 6.05. The summed E-state index contributed by atoms with van der Waals surface area (Å²) < 4.78 is 17.1. The highest BCUT2D eigenvalue weighted by atomic mass is 16.6. The fourth-order valence-corrected chi connectivity index (χ4v) is 9.05. The van der Waals surface area contributed by atoms with Crippen LogP contribution in [0.2, 0.25) is 0 Å². The summed E-state index contributed by atoms with van der Waals surface area (Å²) >= 11 is 0. The summed E-state index contributed by atoms with van der Waals surface area (Å²) in [5, 5.41) is 30.1. The van der Waals surface area contributed by atoms with Crippen LogP contribution in [-0.4, -0.2) is 166 Å². The summed E-state index contributed by atoms with van der Waals surface area (Å²) in [6, 6.07) is -1.03. The Kier molecular flexibility index (Phi) is 23.1. The maximum Gasteiger partial charge on any atom is 0.329 e. The molecule has 20 nitrogen and oxygen atoms in total. The van der Waals surface area contributed by atoms with Gasteiger partial charge in [0.15, 0.2) is 11.9 Å². The van der Waals surface area contributed by atoms with Crippen LogP contribution in [0.4, 0.5) is 0 Å². The Labute approximate surface area is 425 Å². The topological polar surface area (TPSA) is 268 Å². The maximum absolute atomic E-state index is 14.8. The zero-order valence-electron chi connectivity index (χ0n) is 44.8. The standard InChI is InChI=1S/C52H82N6O14/c1-15-30(8)42-40(60)26-41(61)72-45(29(6)7)44(62)31(9)46(63)53-36(23-27(2)3)50(67)58-22-16-17-37(58)51(68)57(13)39(25-34-18-20-35(70-14)21-19-34)52(69)71-33(11)43(48(65)54-42)55-47(64)38(24-28(4)5)56(12)49(66)32(10)59/h18-21,27-33,36-40,42-43,45,59-60H,15-17,22-26H2,1-14H3,(H,53,63)(H,54,65)(H,55,64)/t30-,31-,32?,33+,36-,37-,38+,39-,40-,42+,43-,45-/m0/s1. The second-order valence-electron chi connectivity index (χ2n) is 20.8. The molecule has 0 spiro atoms. The molecule has 3 rings (SSSR count). The van der Waals surface area contributed by atoms with E-state index >= 15 is 0 Å². The van der Waals surface area contributed by atoms with Gasteiger partial charge in [-0.05, 0) is 87.8 Å². The SMILES string of the molecule is CC[C@H](C)[C@H]1NC(=O)[C@@H](NC(=O)[C@@H](CC(C)C)N(C)C(=O)C(C)O)[C@@H](C)OC(=O)[C@H](Cc2ccc(OC)cc2)N(C)C(=O)[C@@H]2CCCN2C(=O)[C@H](CC(C)C)NC(=O)[C@@H](C)C(=O)[C@H](C(C)C)OC(=O)C[C@@H]1O. The third-order valence-corrected chi connectivity index (χ3v) is 13.7. The first-order chi connectivity index (χ1) is 33.6. The van der Waals surface area contributed by atoms with E-state index in [2.05, 4.69) is 16.0 Å². The van der Waals surface area contributed by atoms with Crippen molar-refractivity contribution in [2.24, 2.45) is 29.6 Å². The van der Waals surface area contributed by atoms with Crippen LogP contribution >= 0.6 is 0 Å². The highest BCUT2D eigenvalue weighted by Gasteiger charge is 2.45. The van der Waals surface area contributed by atoms with Crippen LogP contribution in [0, 0.1) is 29.6 Å². The fourth-order valence-electron chi connectivity index (χ4n) is 9.05. The molecule has 5 N–H and O–H groups in total. The van der Waals surface area contributed by atoms with E-state index in [1.807, 2.05) is 27.7 Å². The summed E-state index contributed by atoms with van der Waals surface area (Å²) in [6.45, 7) is 18.1. The Hall–Kier alpha value is -5.63. The van der Waals surface area contributed by atoms with E-state index in [9.17, 15) is 53.4 Å². The normalized spacial score (nSPS) is 27.1. The van der Waals surface area contributed by atoms with E-state index in [0.29, 0.717) is 24.2 Å². The van der Waals surface area contributed by atoms with Crippen molar-refractivity contribution < 1.29 is 67.6 Å². The fraction of sp³-hybridized carbons (Fsp3) is 0.712. The molecule has 20 heteroatoms. The molecular weight excluding hydrogens is 933 g/mol. The molecule has 0 saturated carbocycles. The van der Waals surface area contributed by atoms with Crippen molar-refractivity contribution in [3.63, 3.8) is 0 Å². The zero-order valence-corrected chi connectivity index (χ0v) is 44.8. The van der Waals surface area contributed by atoms with Gasteiger partial charge in [-0.2, -0.15) is 0 Å². The molecule has 2 fully saturated rings. The van der Waals surface area contributed by atoms with Gasteiger partial charge in [-0.25, -0.2) is 4.79 Å². The third-order valence-electron chi connectivity index (χ3n) is 13.7. The number of Topliss-reactive ketones (excluding diaryl/α,β-unsaturated/α-hetero) is 1. The summed E-state index contributed by atoms with van der Waals surface area (Å²) in [5.74, 6) is -9.61. The number of rotatable bonds is 14. The molecule has 72 heavy (non-hydrogen) atoms. The van der Waals surface area contributed by atoms with E-state index in [4.69, 9.17) is 14.2 Å². The van der Waals surface area contributed by atoms with Crippen molar-refractivity contribution in [2.45, 2.75) is 182 Å². The van der Waals surface area contributed by atoms with Gasteiger partial charge in [0.2, 0.25) is 29.5 Å². The number of amides is 6. The first-order valence-corrected chi connectivity index (χ1v) is 25.3. The van der Waals surface area contributed by atoms with Gasteiger partial charge in [0.05, 0.1) is 31.6 Å². The number of ketones is 1. The minimum atomic E-state index is -1.73. The lowest BCUT2D eigenvalue weighted by Crippen LogP contribution is -2.62. The molecule has 0 aliphatic carbocycles. The summed E-state index contributed by atoms with van der Waals surface area (Å²) in [5.41, 5.74) is 0.582. The van der Waals surface area contributed by atoms with E-state index in [-0.39, 0.29) is 44.1 Å². The van der Waals surface area contributed by atoms with E-state index in [0.717, 1.165) is 4.90 Å². The van der Waals surface area contributed by atoms with Gasteiger partial charge in [-0.15, -0.1) is 0 Å². The number of fused-ring (bicyclic) bond motifs is 1. The number of esters is 2. The lowest BCUT2D eigenvalue weighted by Gasteiger charge is -2.36. The highest BCUT2D eigenvalue weighted by Crippen LogP contribution is 2.26. The van der Waals surface area contributed by atoms with Gasteiger partial charge in [0.1, 0.15) is 48.2 Å². The Bertz CT molecular complexity index is 2060. The van der Waals surface area contributed by atoms with Crippen LogP contribution in [0.15, 0.2) is 24.3 Å². The van der Waals surface area contributed by atoms with Crippen LogP contribution in [0.1, 0.15) is 120 Å². The molecule has 0 bridgehead atoms. The minimum absolute atomic E-state index is 0.0955. The smallest absolute Gasteiger partial charge is 0.329 e. The number of ether oxygens (including phenoxy) is 3. The number of benzene rings is 1. The van der Waals surface area contributed by atoms with Gasteiger partial charge in [0, 0.05) is 27.1 Å². The van der Waals surface area contributed by atoms with Gasteiger partial charge in [-0.3, -0.25) is 38.4 Å². The second-order valence-corrected chi connectivity index (χ2v) is 20.8. The largest absolute Gasteiger partial charge is 0.497 e. The maximum atomic E-state index is 14.8. The molecule has 2 saturated heterocycles. The number of nitrogens with one attached hydrogen (secondary N) is 3. The van der Waals surface area contributed by atoms with Crippen LogP contribution in [-0.2, 0) is 59.0 Å². The van der Waals surface area contributed by atoms with Crippen LogP contribution in [0.3, 0.4) is 0 Å². The van der Waals surface area contributed by atoms with Crippen molar-refractivity contribution >= 4 is 53.2 Å². The average Bonchev–Trinajstić information content (AvgIpc) is 3.82. The van der Waals surface area contributed by atoms with E-state index in [1.165, 1.54) is 51.8 Å². The lowest BCUT2D eigenvalue weighted by molar-refractivity contribution is -0.163. The number of nitrogens with zero attached hydrogens (tertiary/aromatic N) is 3. The van der Waals surface area contributed by atoms with Crippen molar-refractivity contribution in [3.05, 3.63) is 29.8 Å². The molecule has 2 heterocycles. The van der Waals surface area contributed by atoms with Gasteiger partial charge in [-0.1, -0.05) is 73.9 Å². The van der Waals surface area contributed by atoms with Crippen molar-refractivity contribution in [2.75, 3.05) is 27.7 Å². The molecule has 2 aliphatic heterocycles. The summed E-state index contributed by atoms with van der Waals surface area (Å²) in [4.78, 5) is 132. The average molecular weight is 1020 g/mol. The van der Waals surface area contributed by atoms with Gasteiger partial charge in [0.25, 0.3) is 5.91 Å². The number of likely N-dealkylation sites (N-methyl/N-ethyl adjacent to an activating group) is 2.